The van der Waals surface area contributed by atoms with Crippen LogP contribution in [-0.2, 0) is 6.42 Å². The maximum atomic E-state index is 12.5. The van der Waals surface area contributed by atoms with Gasteiger partial charge in [0.1, 0.15) is 0 Å². The molecule has 0 aromatic carbocycles. The lowest BCUT2D eigenvalue weighted by atomic mass is 10.0. The number of pyridine rings is 1. The normalized spacial score (nSPS) is 16.6. The molecule has 3 rings (SSSR count). The van der Waals surface area contributed by atoms with Crippen molar-refractivity contribution >= 4 is 5.97 Å². The summed E-state index contributed by atoms with van der Waals surface area (Å²) in [5.41, 5.74) is 2.61. The number of nitrogens with zero attached hydrogens (tertiary/aromatic N) is 4. The minimum Gasteiger partial charge on any atom is -0.478 e. The number of halogens is 3. The second-order valence-corrected chi connectivity index (χ2v) is 6.84. The van der Waals surface area contributed by atoms with Gasteiger partial charge in [-0.3, -0.25) is 14.6 Å². The molecule has 1 aliphatic rings. The van der Waals surface area contributed by atoms with Crippen LogP contribution in [0, 0.1) is 6.92 Å². The molecule has 27 heavy (non-hydrogen) atoms. The Morgan fingerprint density at radius 2 is 1.96 bits per heavy atom. The molecule has 1 N–H and O–H groups in total. The fourth-order valence-electron chi connectivity index (χ4n) is 3.56. The number of piperidine rings is 1. The van der Waals surface area contributed by atoms with Crippen molar-refractivity contribution < 1.29 is 23.1 Å². The second-order valence-electron chi connectivity index (χ2n) is 6.84. The predicted octanol–water partition coefficient (Wildman–Crippen LogP) is 3.07. The lowest BCUT2D eigenvalue weighted by Gasteiger charge is -2.33. The van der Waals surface area contributed by atoms with Crippen molar-refractivity contribution in [2.75, 3.05) is 19.6 Å². The molecule has 0 saturated carbocycles. The van der Waals surface area contributed by atoms with Gasteiger partial charge in [0, 0.05) is 37.6 Å². The van der Waals surface area contributed by atoms with Crippen molar-refractivity contribution in [1.82, 2.24) is 19.7 Å². The van der Waals surface area contributed by atoms with Crippen LogP contribution in [0.25, 0.3) is 0 Å². The molecule has 0 amide bonds. The zero-order valence-corrected chi connectivity index (χ0v) is 14.9. The van der Waals surface area contributed by atoms with Crippen LogP contribution in [-0.4, -0.2) is 56.6 Å². The number of hydrogen-bond donors (Lipinski definition) is 1. The van der Waals surface area contributed by atoms with Crippen molar-refractivity contribution in [2.45, 2.75) is 38.4 Å². The van der Waals surface area contributed by atoms with Crippen LogP contribution >= 0.6 is 0 Å². The van der Waals surface area contributed by atoms with Gasteiger partial charge in [0.2, 0.25) is 0 Å². The highest BCUT2D eigenvalue weighted by molar-refractivity contribution is 5.89. The molecule has 1 aliphatic heterocycles. The summed E-state index contributed by atoms with van der Waals surface area (Å²) in [5, 5.41) is 13.7. The maximum Gasteiger partial charge on any atom is 0.401 e. The first kappa shape index (κ1) is 19.3. The Balaban J connectivity index is 1.69. The number of carbonyl (C=O) groups is 1. The largest absolute Gasteiger partial charge is 0.478 e. The minimum atomic E-state index is -4.17. The van der Waals surface area contributed by atoms with E-state index in [4.69, 9.17) is 0 Å². The van der Waals surface area contributed by atoms with Gasteiger partial charge in [-0.05, 0) is 37.0 Å². The van der Waals surface area contributed by atoms with Crippen LogP contribution in [0.15, 0.2) is 24.7 Å². The van der Waals surface area contributed by atoms with Gasteiger partial charge in [0.05, 0.1) is 24.3 Å². The molecule has 0 radical (unpaired) electrons. The van der Waals surface area contributed by atoms with E-state index < -0.39 is 18.7 Å². The topological polar surface area (TPSA) is 71.2 Å². The van der Waals surface area contributed by atoms with E-state index in [9.17, 15) is 23.1 Å². The number of likely N-dealkylation sites (tertiary alicyclic amines) is 1. The smallest absolute Gasteiger partial charge is 0.401 e. The van der Waals surface area contributed by atoms with E-state index in [1.807, 2.05) is 11.6 Å². The number of hydrogen-bond acceptors (Lipinski definition) is 4. The quantitative estimate of drug-likeness (QED) is 0.861. The Bertz CT molecular complexity index is 811. The molecular weight excluding hydrogens is 361 g/mol. The van der Waals surface area contributed by atoms with Crippen LogP contribution in [0.4, 0.5) is 13.2 Å². The van der Waals surface area contributed by atoms with Gasteiger partial charge in [0.15, 0.2) is 0 Å². The molecule has 0 aliphatic carbocycles. The number of carboxylic acid groups (broad SMARTS) is 1. The maximum absolute atomic E-state index is 12.5. The Morgan fingerprint density at radius 1 is 1.26 bits per heavy atom. The standard InChI is InChI=1S/C18H21F3N4O2/c1-12-13(8-14-9-22-5-2-16(14)17(26)27)10-23-25(12)15-3-6-24(7-4-15)11-18(19,20)21/h2,5,9-10,15H,3-4,6-8,11H2,1H3,(H,26,27). The molecule has 9 heteroatoms. The first-order chi connectivity index (χ1) is 12.7. The lowest BCUT2D eigenvalue weighted by molar-refractivity contribution is -0.148. The zero-order chi connectivity index (χ0) is 19.6. The van der Waals surface area contributed by atoms with Crippen LogP contribution in [0.3, 0.4) is 0 Å². The molecule has 1 fully saturated rings. The number of alkyl halides is 3. The molecule has 0 unspecified atom stereocenters. The first-order valence-electron chi connectivity index (χ1n) is 8.73. The van der Waals surface area contributed by atoms with Gasteiger partial charge in [-0.25, -0.2) is 4.79 Å². The Hall–Kier alpha value is -2.42. The molecule has 2 aromatic heterocycles. The van der Waals surface area contributed by atoms with Crippen molar-refractivity contribution in [2.24, 2.45) is 0 Å². The van der Waals surface area contributed by atoms with Crippen LogP contribution in [0.5, 0.6) is 0 Å². The van der Waals surface area contributed by atoms with Crippen LogP contribution < -0.4 is 0 Å². The van der Waals surface area contributed by atoms with Gasteiger partial charge in [0.25, 0.3) is 0 Å². The summed E-state index contributed by atoms with van der Waals surface area (Å²) in [6, 6.07) is 1.52. The van der Waals surface area contributed by atoms with Crippen molar-refractivity contribution in [3.8, 4) is 0 Å². The molecular formula is C18H21F3N4O2. The highest BCUT2D eigenvalue weighted by atomic mass is 19.4. The van der Waals surface area contributed by atoms with Gasteiger partial charge in [-0.15, -0.1) is 0 Å². The summed E-state index contributed by atoms with van der Waals surface area (Å²) in [4.78, 5) is 16.8. The predicted molar refractivity (Wildman–Crippen MR) is 91.7 cm³/mol. The Kier molecular flexibility index (Phi) is 5.50. The summed E-state index contributed by atoms with van der Waals surface area (Å²) in [7, 11) is 0. The average molecular weight is 382 g/mol. The summed E-state index contributed by atoms with van der Waals surface area (Å²) >= 11 is 0. The molecule has 1 saturated heterocycles. The van der Waals surface area contributed by atoms with Gasteiger partial charge < -0.3 is 5.11 Å². The lowest BCUT2D eigenvalue weighted by Crippen LogP contribution is -2.40. The summed E-state index contributed by atoms with van der Waals surface area (Å²) in [6.07, 6.45) is 2.11. The summed E-state index contributed by atoms with van der Waals surface area (Å²) in [5.74, 6) is -1.01. The number of carboxylic acids is 1. The van der Waals surface area contributed by atoms with E-state index in [2.05, 4.69) is 10.1 Å². The number of rotatable bonds is 5. The van der Waals surface area contributed by atoms with Crippen LogP contribution in [0.2, 0.25) is 0 Å². The molecule has 0 spiro atoms. The molecule has 3 heterocycles. The van der Waals surface area contributed by atoms with Crippen LogP contribution in [0.1, 0.15) is 46.1 Å². The average Bonchev–Trinajstić information content (AvgIpc) is 2.95. The fourth-order valence-corrected chi connectivity index (χ4v) is 3.56. The third kappa shape index (κ3) is 4.65. The Labute approximate surface area is 154 Å². The molecule has 2 aromatic rings. The highest BCUT2D eigenvalue weighted by Gasteiger charge is 2.33. The van der Waals surface area contributed by atoms with E-state index in [0.717, 1.165) is 11.3 Å². The van der Waals surface area contributed by atoms with E-state index in [1.54, 1.807) is 6.20 Å². The van der Waals surface area contributed by atoms with Crippen molar-refractivity contribution in [3.63, 3.8) is 0 Å². The molecule has 146 valence electrons. The first-order valence-corrected chi connectivity index (χ1v) is 8.73. The zero-order valence-electron chi connectivity index (χ0n) is 14.9. The van der Waals surface area contributed by atoms with Gasteiger partial charge in [-0.2, -0.15) is 18.3 Å². The van der Waals surface area contributed by atoms with E-state index in [1.165, 1.54) is 23.4 Å². The number of aromatic nitrogens is 3. The van der Waals surface area contributed by atoms with E-state index in [0.29, 0.717) is 37.9 Å². The number of aromatic carboxylic acids is 1. The van der Waals surface area contributed by atoms with E-state index >= 15 is 0 Å². The van der Waals surface area contributed by atoms with Crippen molar-refractivity contribution in [3.05, 3.63) is 47.0 Å². The monoisotopic (exact) mass is 382 g/mol. The molecule has 0 bridgehead atoms. The van der Waals surface area contributed by atoms with Crippen molar-refractivity contribution in [1.29, 1.82) is 0 Å². The molecule has 6 nitrogen and oxygen atoms in total. The SMILES string of the molecule is Cc1c(Cc2cnccc2C(=O)O)cnn1C1CCN(CC(F)(F)F)CC1. The summed E-state index contributed by atoms with van der Waals surface area (Å²) in [6.45, 7) is 1.79. The molecule has 0 atom stereocenters. The third-order valence-electron chi connectivity index (χ3n) is 4.97. The summed E-state index contributed by atoms with van der Waals surface area (Å²) < 4.78 is 39.4. The van der Waals surface area contributed by atoms with Gasteiger partial charge >= 0.3 is 12.1 Å². The minimum absolute atomic E-state index is 0.0519. The second kappa shape index (κ2) is 7.67. The Morgan fingerprint density at radius 3 is 2.59 bits per heavy atom. The van der Waals surface area contributed by atoms with Gasteiger partial charge in [-0.1, -0.05) is 0 Å². The highest BCUT2D eigenvalue weighted by Crippen LogP contribution is 2.27. The fraction of sp³-hybridized carbons (Fsp3) is 0.500. The van der Waals surface area contributed by atoms with E-state index in [-0.39, 0.29) is 11.6 Å². The third-order valence-corrected chi connectivity index (χ3v) is 4.97.